The lowest BCUT2D eigenvalue weighted by molar-refractivity contribution is -0.931. The normalized spacial score (nSPS) is 45.5. The molecule has 1 unspecified atom stereocenters. The van der Waals surface area contributed by atoms with E-state index in [4.69, 9.17) is 4.74 Å². The van der Waals surface area contributed by atoms with Crippen molar-refractivity contribution in [3.63, 3.8) is 0 Å². The second kappa shape index (κ2) is 7.25. The van der Waals surface area contributed by atoms with E-state index in [1.165, 1.54) is 70.8 Å². The van der Waals surface area contributed by atoms with Crippen molar-refractivity contribution in [1.82, 2.24) is 0 Å². The molecule has 3 atom stereocenters. The van der Waals surface area contributed by atoms with E-state index in [1.54, 1.807) is 4.90 Å². The molecule has 2 N–H and O–H groups in total. The van der Waals surface area contributed by atoms with Gasteiger partial charge in [-0.1, -0.05) is 0 Å². The van der Waals surface area contributed by atoms with E-state index in [0.717, 1.165) is 30.9 Å². The molecule has 5 rings (SSSR count). The molecule has 24 heavy (non-hydrogen) atoms. The Morgan fingerprint density at radius 3 is 2.38 bits per heavy atom. The summed E-state index contributed by atoms with van der Waals surface area (Å²) >= 11 is 0. The van der Waals surface area contributed by atoms with Crippen LogP contribution in [0.15, 0.2) is 0 Å². The first kappa shape index (κ1) is 17.3. The molecule has 4 bridgehead atoms. The van der Waals surface area contributed by atoms with E-state index >= 15 is 0 Å². The number of ether oxygens (including phenoxy) is 1. The van der Waals surface area contributed by atoms with Gasteiger partial charge in [0.1, 0.15) is 12.6 Å². The smallest absolute Gasteiger partial charge is 0.126 e. The highest BCUT2D eigenvalue weighted by atomic mass is 16.5. The lowest BCUT2D eigenvalue weighted by Gasteiger charge is -2.57. The van der Waals surface area contributed by atoms with Crippen LogP contribution in [0.5, 0.6) is 0 Å². The Morgan fingerprint density at radius 2 is 1.75 bits per heavy atom. The molecular weight excluding hydrogens is 298 g/mol. The van der Waals surface area contributed by atoms with Gasteiger partial charge in [-0.2, -0.15) is 0 Å². The minimum Gasteiger partial charge on any atom is -0.385 e. The second-order valence-corrected chi connectivity index (χ2v) is 9.91. The van der Waals surface area contributed by atoms with Gasteiger partial charge in [-0.15, -0.1) is 0 Å². The van der Waals surface area contributed by atoms with Crippen LogP contribution in [0.25, 0.3) is 0 Å². The second-order valence-electron chi connectivity index (χ2n) is 9.91. The number of likely N-dealkylation sites (tertiary alicyclic amines) is 1. The number of quaternary nitrogens is 1. The van der Waals surface area contributed by atoms with Crippen LogP contribution in [0.2, 0.25) is 0 Å². The maximum absolute atomic E-state index is 10.3. The summed E-state index contributed by atoms with van der Waals surface area (Å²) in [5.41, 5.74) is 0.617. The lowest BCUT2D eigenvalue weighted by atomic mass is 9.49. The van der Waals surface area contributed by atoms with E-state index in [1.807, 2.05) is 0 Å². The molecule has 1 aliphatic heterocycles. The summed E-state index contributed by atoms with van der Waals surface area (Å²) in [6.45, 7) is 5.84. The molecule has 1 saturated heterocycles. The monoisotopic (exact) mass is 336 g/mol. The SMILES string of the molecule is C[C@H]1CCCC[NH+]1C[C@H](O)COCCC12CC3CC(CC(C3)C1)C2. The van der Waals surface area contributed by atoms with Crippen molar-refractivity contribution >= 4 is 0 Å². The summed E-state index contributed by atoms with van der Waals surface area (Å²) in [6.07, 6.45) is 14.0. The zero-order valence-corrected chi connectivity index (χ0v) is 15.6. The van der Waals surface area contributed by atoms with Crippen LogP contribution in [0.3, 0.4) is 0 Å². The molecule has 4 saturated carbocycles. The molecule has 0 aromatic rings. The molecule has 4 aliphatic carbocycles. The van der Waals surface area contributed by atoms with Crippen LogP contribution in [-0.2, 0) is 4.74 Å². The van der Waals surface area contributed by atoms with Crippen molar-refractivity contribution < 1.29 is 14.7 Å². The van der Waals surface area contributed by atoms with Crippen molar-refractivity contribution in [2.24, 2.45) is 23.2 Å². The van der Waals surface area contributed by atoms with E-state index in [9.17, 15) is 5.11 Å². The predicted octanol–water partition coefficient (Wildman–Crippen LogP) is 2.43. The first-order valence-corrected chi connectivity index (χ1v) is 10.7. The van der Waals surface area contributed by atoms with Gasteiger partial charge in [-0.25, -0.2) is 0 Å². The highest BCUT2D eigenvalue weighted by Crippen LogP contribution is 2.61. The molecule has 0 aromatic carbocycles. The highest BCUT2D eigenvalue weighted by molar-refractivity contribution is 5.01. The Morgan fingerprint density at radius 1 is 1.08 bits per heavy atom. The molecule has 0 aromatic heterocycles. The maximum atomic E-state index is 10.3. The fourth-order valence-electron chi connectivity index (χ4n) is 7.02. The number of hydrogen-bond donors (Lipinski definition) is 2. The number of rotatable bonds is 7. The van der Waals surface area contributed by atoms with Crippen molar-refractivity contribution in [3.8, 4) is 0 Å². The molecule has 0 spiro atoms. The Kier molecular flexibility index (Phi) is 5.22. The summed E-state index contributed by atoms with van der Waals surface area (Å²) in [6, 6.07) is 0.709. The number of aliphatic hydroxyl groups excluding tert-OH is 1. The van der Waals surface area contributed by atoms with Crippen molar-refractivity contribution in [2.75, 3.05) is 26.3 Å². The molecular formula is C21H38NO2+. The fourth-order valence-corrected chi connectivity index (χ4v) is 7.02. The summed E-state index contributed by atoms with van der Waals surface area (Å²) in [5, 5.41) is 10.3. The zero-order chi connectivity index (χ0) is 16.6. The average molecular weight is 337 g/mol. The molecule has 138 valence electrons. The van der Waals surface area contributed by atoms with Gasteiger partial charge in [0, 0.05) is 6.61 Å². The average Bonchev–Trinajstić information content (AvgIpc) is 2.53. The maximum Gasteiger partial charge on any atom is 0.126 e. The molecule has 5 fully saturated rings. The zero-order valence-electron chi connectivity index (χ0n) is 15.6. The number of nitrogens with one attached hydrogen (secondary N) is 1. The molecule has 0 radical (unpaired) electrons. The molecule has 3 nitrogen and oxygen atoms in total. The number of piperidine rings is 1. The van der Waals surface area contributed by atoms with Crippen LogP contribution in [0.4, 0.5) is 0 Å². The molecule has 3 heteroatoms. The first-order valence-electron chi connectivity index (χ1n) is 10.7. The predicted molar refractivity (Wildman–Crippen MR) is 96.1 cm³/mol. The summed E-state index contributed by atoms with van der Waals surface area (Å²) < 4.78 is 5.95. The van der Waals surface area contributed by atoms with Crippen molar-refractivity contribution in [1.29, 1.82) is 0 Å². The fraction of sp³-hybridized carbons (Fsp3) is 1.00. The quantitative estimate of drug-likeness (QED) is 0.700. The molecule has 1 heterocycles. The van der Waals surface area contributed by atoms with Gasteiger partial charge in [0.2, 0.25) is 0 Å². The van der Waals surface area contributed by atoms with Gasteiger partial charge in [-0.3, -0.25) is 0 Å². The standard InChI is InChI=1S/C21H37NO2/c1-16-4-2-3-6-22(16)14-20(23)15-24-7-5-21-11-17-8-18(12-21)10-19(9-17)13-21/h16-20,23H,2-15H2,1H3/p+1/t16-,17?,18?,19?,20-,21?/m0/s1. The summed E-state index contributed by atoms with van der Waals surface area (Å²) in [5.74, 6) is 3.10. The minimum atomic E-state index is -0.281. The Hall–Kier alpha value is -0.120. The van der Waals surface area contributed by atoms with Gasteiger partial charge in [0.25, 0.3) is 0 Å². The van der Waals surface area contributed by atoms with Crippen LogP contribution in [0.1, 0.15) is 71.1 Å². The minimum absolute atomic E-state index is 0.281. The first-order chi connectivity index (χ1) is 11.6. The summed E-state index contributed by atoms with van der Waals surface area (Å²) in [7, 11) is 0. The lowest BCUT2D eigenvalue weighted by Crippen LogP contribution is -3.17. The van der Waals surface area contributed by atoms with Gasteiger partial charge < -0.3 is 14.7 Å². The third-order valence-electron chi connectivity index (χ3n) is 7.83. The van der Waals surface area contributed by atoms with Gasteiger partial charge in [-0.05, 0) is 94.3 Å². The van der Waals surface area contributed by atoms with Gasteiger partial charge in [0.15, 0.2) is 0 Å². The van der Waals surface area contributed by atoms with E-state index < -0.39 is 0 Å². The topological polar surface area (TPSA) is 33.9 Å². The van der Waals surface area contributed by atoms with Crippen molar-refractivity contribution in [3.05, 3.63) is 0 Å². The third-order valence-corrected chi connectivity index (χ3v) is 7.83. The van der Waals surface area contributed by atoms with E-state index in [-0.39, 0.29) is 6.10 Å². The van der Waals surface area contributed by atoms with Crippen LogP contribution >= 0.6 is 0 Å². The number of hydrogen-bond acceptors (Lipinski definition) is 2. The Balaban J connectivity index is 1.17. The van der Waals surface area contributed by atoms with Gasteiger partial charge >= 0.3 is 0 Å². The summed E-state index contributed by atoms with van der Waals surface area (Å²) in [4.78, 5) is 1.58. The largest absolute Gasteiger partial charge is 0.385 e. The van der Waals surface area contributed by atoms with Crippen LogP contribution in [0, 0.1) is 23.2 Å². The molecule has 5 aliphatic rings. The van der Waals surface area contributed by atoms with E-state index in [2.05, 4.69) is 6.92 Å². The Labute approximate surface area is 148 Å². The van der Waals surface area contributed by atoms with Crippen LogP contribution in [-0.4, -0.2) is 43.6 Å². The third kappa shape index (κ3) is 3.83. The van der Waals surface area contributed by atoms with Crippen molar-refractivity contribution in [2.45, 2.75) is 83.3 Å². The Bertz CT molecular complexity index is 389. The van der Waals surface area contributed by atoms with Crippen LogP contribution < -0.4 is 4.90 Å². The van der Waals surface area contributed by atoms with Gasteiger partial charge in [0.05, 0.1) is 19.2 Å². The van der Waals surface area contributed by atoms with E-state index in [0.29, 0.717) is 18.1 Å². The molecule has 0 amide bonds. The highest BCUT2D eigenvalue weighted by Gasteiger charge is 2.50. The number of aliphatic hydroxyl groups is 1.